The van der Waals surface area contributed by atoms with E-state index in [1.165, 1.54) is 0 Å². The lowest BCUT2D eigenvalue weighted by Gasteiger charge is -2.24. The molecule has 0 saturated carbocycles. The van der Waals surface area contributed by atoms with Gasteiger partial charge in [0, 0.05) is 6.54 Å². The van der Waals surface area contributed by atoms with Crippen molar-refractivity contribution in [1.29, 1.82) is 0 Å². The molecule has 102 valence electrons. The van der Waals surface area contributed by atoms with Gasteiger partial charge in [-0.15, -0.1) is 0 Å². The third-order valence-electron chi connectivity index (χ3n) is 2.81. The van der Waals surface area contributed by atoms with Gasteiger partial charge in [0.2, 0.25) is 0 Å². The predicted octanol–water partition coefficient (Wildman–Crippen LogP) is 1.21. The van der Waals surface area contributed by atoms with Crippen LogP contribution in [0.5, 0.6) is 11.5 Å². The molecule has 1 aliphatic rings. The average molecular weight is 280 g/mol. The lowest BCUT2D eigenvalue weighted by molar-refractivity contribution is 0.0777. The molecule has 6 heteroatoms. The highest BCUT2D eigenvalue weighted by Gasteiger charge is 2.23. The molecule has 1 aromatic rings. The Labute approximate surface area is 117 Å². The monoisotopic (exact) mass is 280 g/mol. The first-order valence-electron chi connectivity index (χ1n) is 6.09. The number of amides is 1. The van der Waals surface area contributed by atoms with E-state index in [1.54, 1.807) is 23.1 Å². The van der Waals surface area contributed by atoms with Crippen LogP contribution in [0.2, 0.25) is 0 Å². The van der Waals surface area contributed by atoms with E-state index in [4.69, 9.17) is 27.4 Å². The molecule has 0 unspecified atom stereocenters. The van der Waals surface area contributed by atoms with E-state index < -0.39 is 0 Å². The molecule has 1 aromatic carbocycles. The standard InChI is InChI=1S/C13H16N2O3S/c1-2-15(8-11(14)19)13(16)9-4-3-5-10-12(9)18-7-6-17-10/h3-5H,2,6-8H2,1H3,(H2,14,19). The van der Waals surface area contributed by atoms with Gasteiger partial charge >= 0.3 is 0 Å². The second kappa shape index (κ2) is 5.88. The Hall–Kier alpha value is -1.82. The van der Waals surface area contributed by atoms with Gasteiger partial charge in [0.15, 0.2) is 11.5 Å². The number of hydrogen-bond donors (Lipinski definition) is 1. The maximum Gasteiger partial charge on any atom is 0.258 e. The topological polar surface area (TPSA) is 64.8 Å². The number of rotatable bonds is 4. The van der Waals surface area contributed by atoms with Crippen LogP contribution in [-0.4, -0.2) is 42.1 Å². The molecule has 2 N–H and O–H groups in total. The minimum atomic E-state index is -0.155. The highest BCUT2D eigenvalue weighted by atomic mass is 32.1. The van der Waals surface area contributed by atoms with Gasteiger partial charge in [0.05, 0.1) is 17.1 Å². The summed E-state index contributed by atoms with van der Waals surface area (Å²) in [6.07, 6.45) is 0. The number of ether oxygens (including phenoxy) is 2. The smallest absolute Gasteiger partial charge is 0.258 e. The van der Waals surface area contributed by atoms with E-state index in [0.717, 1.165) is 0 Å². The van der Waals surface area contributed by atoms with Crippen LogP contribution in [-0.2, 0) is 0 Å². The fourth-order valence-corrected chi connectivity index (χ4v) is 2.08. The second-order valence-corrected chi connectivity index (χ2v) is 4.64. The molecular weight excluding hydrogens is 264 g/mol. The number of fused-ring (bicyclic) bond motifs is 1. The summed E-state index contributed by atoms with van der Waals surface area (Å²) in [6.45, 7) is 3.60. The van der Waals surface area contributed by atoms with Crippen molar-refractivity contribution in [3.05, 3.63) is 23.8 Å². The first-order chi connectivity index (χ1) is 9.13. The van der Waals surface area contributed by atoms with Crippen LogP contribution in [0.3, 0.4) is 0 Å². The van der Waals surface area contributed by atoms with Crippen molar-refractivity contribution in [2.75, 3.05) is 26.3 Å². The predicted molar refractivity (Wildman–Crippen MR) is 75.8 cm³/mol. The summed E-state index contributed by atoms with van der Waals surface area (Å²) in [5, 5.41) is 0. The zero-order valence-corrected chi connectivity index (χ0v) is 11.5. The molecule has 2 rings (SSSR count). The second-order valence-electron chi connectivity index (χ2n) is 4.12. The molecular formula is C13H16N2O3S. The number of carbonyl (C=O) groups excluding carboxylic acids is 1. The molecule has 19 heavy (non-hydrogen) atoms. The van der Waals surface area contributed by atoms with E-state index in [1.807, 2.05) is 6.92 Å². The minimum Gasteiger partial charge on any atom is -0.486 e. The van der Waals surface area contributed by atoms with E-state index in [0.29, 0.717) is 36.8 Å². The van der Waals surface area contributed by atoms with E-state index in [9.17, 15) is 4.79 Å². The fraction of sp³-hybridized carbons (Fsp3) is 0.385. The zero-order chi connectivity index (χ0) is 13.8. The quantitative estimate of drug-likeness (QED) is 0.840. The van der Waals surface area contributed by atoms with Crippen molar-refractivity contribution in [3.8, 4) is 11.5 Å². The van der Waals surface area contributed by atoms with Gasteiger partial charge < -0.3 is 20.1 Å². The molecule has 1 heterocycles. The van der Waals surface area contributed by atoms with Crippen LogP contribution in [0.25, 0.3) is 0 Å². The van der Waals surface area contributed by atoms with Crippen molar-refractivity contribution in [3.63, 3.8) is 0 Å². The number of hydrogen-bond acceptors (Lipinski definition) is 4. The maximum atomic E-state index is 12.5. The van der Waals surface area contributed by atoms with Gasteiger partial charge in [-0.25, -0.2) is 0 Å². The van der Waals surface area contributed by atoms with Crippen LogP contribution in [0.15, 0.2) is 18.2 Å². The Morgan fingerprint density at radius 2 is 2.16 bits per heavy atom. The molecule has 0 radical (unpaired) electrons. The van der Waals surface area contributed by atoms with Gasteiger partial charge in [-0.1, -0.05) is 18.3 Å². The number of carbonyl (C=O) groups is 1. The van der Waals surface area contributed by atoms with Gasteiger partial charge in [-0.3, -0.25) is 4.79 Å². The van der Waals surface area contributed by atoms with Gasteiger partial charge in [-0.05, 0) is 19.1 Å². The first kappa shape index (κ1) is 13.6. The van der Waals surface area contributed by atoms with Crippen LogP contribution >= 0.6 is 12.2 Å². The number of benzene rings is 1. The summed E-state index contributed by atoms with van der Waals surface area (Å²) < 4.78 is 11.0. The normalized spacial score (nSPS) is 12.9. The summed E-state index contributed by atoms with van der Waals surface area (Å²) >= 11 is 4.86. The summed E-state index contributed by atoms with van der Waals surface area (Å²) in [5.74, 6) is 0.946. The molecule has 0 aromatic heterocycles. The first-order valence-corrected chi connectivity index (χ1v) is 6.50. The lowest BCUT2D eigenvalue weighted by Crippen LogP contribution is -2.38. The summed E-state index contributed by atoms with van der Waals surface area (Å²) in [7, 11) is 0. The number of nitrogens with two attached hydrogens (primary N) is 1. The minimum absolute atomic E-state index is 0.155. The van der Waals surface area contributed by atoms with E-state index in [-0.39, 0.29) is 17.4 Å². The third-order valence-corrected chi connectivity index (χ3v) is 2.94. The molecule has 0 atom stereocenters. The van der Waals surface area contributed by atoms with Crippen molar-refractivity contribution < 1.29 is 14.3 Å². The summed E-state index contributed by atoms with van der Waals surface area (Å²) in [5.41, 5.74) is 5.99. The highest BCUT2D eigenvalue weighted by Crippen LogP contribution is 2.34. The summed E-state index contributed by atoms with van der Waals surface area (Å²) in [6, 6.07) is 5.28. The Morgan fingerprint density at radius 1 is 1.42 bits per heavy atom. The van der Waals surface area contributed by atoms with Gasteiger partial charge in [-0.2, -0.15) is 0 Å². The van der Waals surface area contributed by atoms with Crippen LogP contribution < -0.4 is 15.2 Å². The van der Waals surface area contributed by atoms with Crippen molar-refractivity contribution in [2.45, 2.75) is 6.92 Å². The molecule has 0 fully saturated rings. The third kappa shape index (κ3) is 2.96. The molecule has 5 nitrogen and oxygen atoms in total. The molecule has 0 bridgehead atoms. The van der Waals surface area contributed by atoms with Crippen LogP contribution in [0.1, 0.15) is 17.3 Å². The van der Waals surface area contributed by atoms with Gasteiger partial charge in [0.1, 0.15) is 13.2 Å². The SMILES string of the molecule is CCN(CC(N)=S)C(=O)c1cccc2c1OCCO2. The Balaban J connectivity index is 2.30. The fourth-order valence-electron chi connectivity index (χ4n) is 1.93. The van der Waals surface area contributed by atoms with Crippen LogP contribution in [0, 0.1) is 0 Å². The molecule has 0 spiro atoms. The largest absolute Gasteiger partial charge is 0.486 e. The number of thiocarbonyl (C=S) groups is 1. The lowest BCUT2D eigenvalue weighted by atomic mass is 10.1. The zero-order valence-electron chi connectivity index (χ0n) is 10.7. The van der Waals surface area contributed by atoms with E-state index in [2.05, 4.69) is 0 Å². The summed E-state index contributed by atoms with van der Waals surface area (Å²) in [4.78, 5) is 14.3. The van der Waals surface area contributed by atoms with Crippen molar-refractivity contribution >= 4 is 23.1 Å². The molecule has 0 aliphatic carbocycles. The highest BCUT2D eigenvalue weighted by molar-refractivity contribution is 7.80. The maximum absolute atomic E-state index is 12.5. The van der Waals surface area contributed by atoms with Crippen molar-refractivity contribution in [2.24, 2.45) is 5.73 Å². The number of nitrogens with zero attached hydrogens (tertiary/aromatic N) is 1. The molecule has 1 aliphatic heterocycles. The average Bonchev–Trinajstić information content (AvgIpc) is 2.43. The molecule has 0 saturated heterocycles. The van der Waals surface area contributed by atoms with E-state index >= 15 is 0 Å². The van der Waals surface area contributed by atoms with Gasteiger partial charge in [0.25, 0.3) is 5.91 Å². The number of para-hydroxylation sites is 1. The van der Waals surface area contributed by atoms with Crippen molar-refractivity contribution in [1.82, 2.24) is 4.90 Å². The van der Waals surface area contributed by atoms with Crippen LogP contribution in [0.4, 0.5) is 0 Å². The molecule has 1 amide bonds. The Morgan fingerprint density at radius 3 is 2.84 bits per heavy atom. The Kier molecular flexibility index (Phi) is 4.21. The Bertz CT molecular complexity index is 505. The number of likely N-dealkylation sites (N-methyl/N-ethyl adjacent to an activating group) is 1.